The van der Waals surface area contributed by atoms with Gasteiger partial charge in [0.05, 0.1) is 11.8 Å². The van der Waals surface area contributed by atoms with E-state index in [1.807, 2.05) is 24.3 Å². The lowest BCUT2D eigenvalue weighted by molar-refractivity contribution is 0.102. The number of nitrogens with one attached hydrogen (secondary N) is 1. The molecule has 100 valence electrons. The Hall–Kier alpha value is -1.26. The van der Waals surface area contributed by atoms with E-state index in [2.05, 4.69) is 21.2 Å². The number of amides is 1. The lowest BCUT2D eigenvalue weighted by Gasteiger charge is -2.06. The zero-order chi connectivity index (χ0) is 13.7. The van der Waals surface area contributed by atoms with Crippen molar-refractivity contribution >= 4 is 39.1 Å². The number of carbonyl (C=O) groups excluding carboxylic acids is 1. The summed E-state index contributed by atoms with van der Waals surface area (Å²) in [5.74, 6) is -0.267. The summed E-state index contributed by atoms with van der Waals surface area (Å²) in [5.41, 5.74) is 2.29. The van der Waals surface area contributed by atoms with Gasteiger partial charge in [-0.15, -0.1) is 0 Å². The molecule has 1 N–H and O–H groups in total. The minimum atomic E-state index is -0.267. The Morgan fingerprint density at radius 1 is 1.37 bits per heavy atom. The predicted molar refractivity (Wildman–Crippen MR) is 80.2 cm³/mol. The van der Waals surface area contributed by atoms with Gasteiger partial charge in [0.25, 0.3) is 5.91 Å². The number of alkyl halides is 1. The third kappa shape index (κ3) is 3.85. The number of halogens is 2. The van der Waals surface area contributed by atoms with E-state index >= 15 is 0 Å². The second kappa shape index (κ2) is 6.78. The molecule has 0 aliphatic rings. The third-order valence-electron chi connectivity index (χ3n) is 2.65. The highest BCUT2D eigenvalue weighted by molar-refractivity contribution is 9.09. The van der Waals surface area contributed by atoms with Gasteiger partial charge in [0, 0.05) is 11.0 Å². The van der Waals surface area contributed by atoms with Crippen LogP contribution in [-0.4, -0.2) is 11.2 Å². The monoisotopic (exact) mass is 341 g/mol. The first-order valence-electron chi connectivity index (χ1n) is 5.90. The molecule has 3 nitrogen and oxygen atoms in total. The van der Waals surface area contributed by atoms with Crippen LogP contribution >= 0.6 is 27.5 Å². The van der Waals surface area contributed by atoms with E-state index in [-0.39, 0.29) is 11.1 Å². The molecule has 0 unspecified atom stereocenters. The molecule has 0 radical (unpaired) electrons. The van der Waals surface area contributed by atoms with E-state index in [1.54, 1.807) is 6.07 Å². The molecule has 1 aromatic heterocycles. The van der Waals surface area contributed by atoms with E-state index in [9.17, 15) is 4.79 Å². The van der Waals surface area contributed by atoms with Crippen molar-refractivity contribution in [2.24, 2.45) is 0 Å². The first kappa shape index (κ1) is 14.2. The van der Waals surface area contributed by atoms with Crippen LogP contribution in [0.4, 0.5) is 5.69 Å². The standard InChI is InChI=1S/C14H13BrClNO2/c15-7-2-4-10-3-1-5-11(9-10)17-14(18)12-6-8-19-13(12)16/h1,3,5-6,8-9H,2,4,7H2,(H,17,18). The van der Waals surface area contributed by atoms with Crippen molar-refractivity contribution in [1.29, 1.82) is 0 Å². The fourth-order valence-corrected chi connectivity index (χ4v) is 2.21. The van der Waals surface area contributed by atoms with Crippen molar-refractivity contribution in [2.45, 2.75) is 12.8 Å². The maximum absolute atomic E-state index is 12.0. The molecular formula is C14H13BrClNO2. The molecule has 0 fully saturated rings. The van der Waals surface area contributed by atoms with Crippen LogP contribution < -0.4 is 5.32 Å². The van der Waals surface area contributed by atoms with E-state index in [0.717, 1.165) is 23.9 Å². The number of anilines is 1. The summed E-state index contributed by atoms with van der Waals surface area (Å²) in [7, 11) is 0. The van der Waals surface area contributed by atoms with Crippen LogP contribution in [0.3, 0.4) is 0 Å². The van der Waals surface area contributed by atoms with Crippen LogP contribution in [-0.2, 0) is 6.42 Å². The quantitative estimate of drug-likeness (QED) is 0.812. The highest BCUT2D eigenvalue weighted by Crippen LogP contribution is 2.19. The van der Waals surface area contributed by atoms with Crippen LogP contribution in [0.2, 0.25) is 5.22 Å². The van der Waals surface area contributed by atoms with Gasteiger partial charge in [-0.05, 0) is 48.2 Å². The molecule has 0 saturated carbocycles. The van der Waals surface area contributed by atoms with Crippen LogP contribution in [0.1, 0.15) is 22.3 Å². The largest absolute Gasteiger partial charge is 0.452 e. The van der Waals surface area contributed by atoms with E-state index in [0.29, 0.717) is 5.56 Å². The number of benzene rings is 1. The van der Waals surface area contributed by atoms with Crippen molar-refractivity contribution in [1.82, 2.24) is 0 Å². The molecule has 2 rings (SSSR count). The molecule has 1 amide bonds. The van der Waals surface area contributed by atoms with Gasteiger partial charge in [-0.2, -0.15) is 0 Å². The highest BCUT2D eigenvalue weighted by Gasteiger charge is 2.13. The third-order valence-corrected chi connectivity index (χ3v) is 3.50. The molecule has 0 atom stereocenters. The highest BCUT2D eigenvalue weighted by atomic mass is 79.9. The first-order valence-corrected chi connectivity index (χ1v) is 7.40. The molecule has 0 aliphatic heterocycles. The average Bonchev–Trinajstić information content (AvgIpc) is 2.83. The van der Waals surface area contributed by atoms with Crippen molar-refractivity contribution in [3.8, 4) is 0 Å². The summed E-state index contributed by atoms with van der Waals surface area (Å²) in [4.78, 5) is 12.0. The molecule has 1 aromatic carbocycles. The summed E-state index contributed by atoms with van der Waals surface area (Å²) in [5, 5.41) is 3.88. The summed E-state index contributed by atoms with van der Waals surface area (Å²) < 4.78 is 4.90. The lowest BCUT2D eigenvalue weighted by Crippen LogP contribution is -2.11. The number of aryl methyl sites for hydroxylation is 1. The summed E-state index contributed by atoms with van der Waals surface area (Å²) in [6, 6.07) is 9.34. The van der Waals surface area contributed by atoms with Gasteiger partial charge in [0.1, 0.15) is 0 Å². The summed E-state index contributed by atoms with van der Waals surface area (Å²) in [6.45, 7) is 0. The number of carbonyl (C=O) groups is 1. The molecule has 19 heavy (non-hydrogen) atoms. The zero-order valence-corrected chi connectivity index (χ0v) is 12.5. The molecular weight excluding hydrogens is 330 g/mol. The van der Waals surface area contributed by atoms with Gasteiger partial charge in [-0.25, -0.2) is 0 Å². The maximum Gasteiger partial charge on any atom is 0.260 e. The number of hydrogen-bond donors (Lipinski definition) is 1. The normalized spacial score (nSPS) is 10.4. The van der Waals surface area contributed by atoms with E-state index < -0.39 is 0 Å². The van der Waals surface area contributed by atoms with Gasteiger partial charge >= 0.3 is 0 Å². The van der Waals surface area contributed by atoms with E-state index in [1.165, 1.54) is 11.8 Å². The second-order valence-electron chi connectivity index (χ2n) is 4.06. The molecule has 0 bridgehead atoms. The number of hydrogen-bond acceptors (Lipinski definition) is 2. The van der Waals surface area contributed by atoms with Crippen molar-refractivity contribution in [3.63, 3.8) is 0 Å². The first-order chi connectivity index (χ1) is 9.20. The predicted octanol–water partition coefficient (Wildman–Crippen LogP) is 4.51. The van der Waals surface area contributed by atoms with Crippen LogP contribution in [0, 0.1) is 0 Å². The van der Waals surface area contributed by atoms with Gasteiger partial charge in [-0.3, -0.25) is 4.79 Å². The van der Waals surface area contributed by atoms with Gasteiger partial charge in [-0.1, -0.05) is 28.1 Å². The molecule has 0 spiro atoms. The molecule has 2 aromatic rings. The Labute approximate surface area is 125 Å². The Morgan fingerprint density at radius 2 is 2.21 bits per heavy atom. The lowest BCUT2D eigenvalue weighted by atomic mass is 10.1. The fourth-order valence-electron chi connectivity index (χ4n) is 1.73. The van der Waals surface area contributed by atoms with Crippen molar-refractivity contribution in [2.75, 3.05) is 10.6 Å². The SMILES string of the molecule is O=C(Nc1cccc(CCCBr)c1)c1ccoc1Cl. The Bertz CT molecular complexity index is 568. The van der Waals surface area contributed by atoms with Gasteiger partial charge in [0.2, 0.25) is 5.22 Å². The van der Waals surface area contributed by atoms with Gasteiger partial charge in [0.15, 0.2) is 0 Å². The Kier molecular flexibility index (Phi) is 5.05. The fraction of sp³-hybridized carbons (Fsp3) is 0.214. The Morgan fingerprint density at radius 3 is 2.89 bits per heavy atom. The molecule has 1 heterocycles. The minimum Gasteiger partial charge on any atom is -0.452 e. The maximum atomic E-state index is 12.0. The average molecular weight is 343 g/mol. The zero-order valence-electron chi connectivity index (χ0n) is 10.2. The van der Waals surface area contributed by atoms with Crippen LogP contribution in [0.5, 0.6) is 0 Å². The smallest absolute Gasteiger partial charge is 0.260 e. The van der Waals surface area contributed by atoms with Crippen molar-refractivity contribution in [3.05, 3.63) is 52.9 Å². The van der Waals surface area contributed by atoms with E-state index in [4.69, 9.17) is 16.0 Å². The number of furan rings is 1. The number of rotatable bonds is 5. The minimum absolute atomic E-state index is 0.105. The molecule has 0 aliphatic carbocycles. The van der Waals surface area contributed by atoms with Gasteiger partial charge < -0.3 is 9.73 Å². The van der Waals surface area contributed by atoms with Crippen molar-refractivity contribution < 1.29 is 9.21 Å². The van der Waals surface area contributed by atoms with Crippen LogP contribution in [0.25, 0.3) is 0 Å². The summed E-state index contributed by atoms with van der Waals surface area (Å²) >= 11 is 9.17. The topological polar surface area (TPSA) is 42.2 Å². The second-order valence-corrected chi connectivity index (χ2v) is 5.19. The molecule has 5 heteroatoms. The van der Waals surface area contributed by atoms with Crippen LogP contribution in [0.15, 0.2) is 41.0 Å². The Balaban J connectivity index is 2.07. The summed E-state index contributed by atoms with van der Waals surface area (Å²) in [6.07, 6.45) is 3.43. The molecule has 0 saturated heterocycles.